The number of anilines is 3. The number of thiocarbonyl (C=S) groups is 1. The predicted octanol–water partition coefficient (Wildman–Crippen LogP) is 3.29. The highest BCUT2D eigenvalue weighted by molar-refractivity contribution is 7.80. The first-order valence-electron chi connectivity index (χ1n) is 10.5. The summed E-state index contributed by atoms with van der Waals surface area (Å²) in [7, 11) is 0. The smallest absolute Gasteiger partial charge is 0.376 e. The number of nitrogens with zero attached hydrogens (tertiary/aromatic N) is 4. The van der Waals surface area contributed by atoms with Gasteiger partial charge in [-0.05, 0) is 49.3 Å². The Kier molecular flexibility index (Phi) is 6.95. The molecule has 2 fully saturated rings. The molecule has 2 saturated heterocycles. The van der Waals surface area contributed by atoms with Crippen molar-refractivity contribution in [2.24, 2.45) is 0 Å². The topological polar surface area (TPSA) is 65.5 Å². The summed E-state index contributed by atoms with van der Waals surface area (Å²) in [5.74, 6) is 1.39. The molecule has 0 saturated carbocycles. The van der Waals surface area contributed by atoms with E-state index >= 15 is 0 Å². The van der Waals surface area contributed by atoms with Crippen LogP contribution >= 0.6 is 12.2 Å². The Morgan fingerprint density at radius 1 is 1.03 bits per heavy atom. The van der Waals surface area contributed by atoms with Crippen LogP contribution in [0, 0.1) is 0 Å². The third kappa shape index (κ3) is 5.77. The Balaban J connectivity index is 1.25. The number of halogens is 3. The molecule has 0 aromatic carbocycles. The fourth-order valence-electron chi connectivity index (χ4n) is 3.74. The molecule has 4 heterocycles. The molecular weight excluding hydrogens is 441 g/mol. The Morgan fingerprint density at radius 2 is 1.69 bits per heavy atom. The molecule has 1 atom stereocenters. The van der Waals surface area contributed by atoms with Crippen LogP contribution in [-0.4, -0.2) is 60.5 Å². The number of ether oxygens (including phenoxy) is 1. The van der Waals surface area contributed by atoms with Crippen LogP contribution in [0.1, 0.15) is 18.4 Å². The average molecular weight is 467 g/mol. The quantitative estimate of drug-likeness (QED) is 0.651. The molecule has 2 aliphatic heterocycles. The Labute approximate surface area is 190 Å². The van der Waals surface area contributed by atoms with Crippen molar-refractivity contribution < 1.29 is 17.9 Å². The van der Waals surface area contributed by atoms with Crippen molar-refractivity contribution >= 4 is 34.7 Å². The standard InChI is InChI=1S/C21H25F3N6OS/c22-21(23,24)15-3-5-18(25-12-15)29-7-9-30(10-8-29)19-6-4-16(13-26-19)28-20(32)27-14-17-2-1-11-31-17/h3-6,12-13,17H,1-2,7-11,14H2,(H2,27,28,32)/t17-/m1/s1. The Morgan fingerprint density at radius 3 is 2.19 bits per heavy atom. The molecule has 32 heavy (non-hydrogen) atoms. The average Bonchev–Trinajstić information content (AvgIpc) is 3.32. The monoisotopic (exact) mass is 466 g/mol. The number of rotatable bonds is 5. The van der Waals surface area contributed by atoms with E-state index in [1.807, 2.05) is 17.0 Å². The second-order valence-corrected chi connectivity index (χ2v) is 8.16. The highest BCUT2D eigenvalue weighted by Gasteiger charge is 2.31. The third-order valence-electron chi connectivity index (χ3n) is 5.52. The van der Waals surface area contributed by atoms with Gasteiger partial charge in [0.1, 0.15) is 11.6 Å². The summed E-state index contributed by atoms with van der Waals surface area (Å²) in [4.78, 5) is 12.6. The van der Waals surface area contributed by atoms with Crippen LogP contribution in [0.25, 0.3) is 0 Å². The van der Waals surface area contributed by atoms with Crippen LogP contribution < -0.4 is 20.4 Å². The van der Waals surface area contributed by atoms with Crippen LogP contribution in [0.2, 0.25) is 0 Å². The molecule has 0 bridgehead atoms. The minimum atomic E-state index is -4.37. The lowest BCUT2D eigenvalue weighted by atomic mass is 10.2. The summed E-state index contributed by atoms with van der Waals surface area (Å²) in [6.07, 6.45) is 0.600. The largest absolute Gasteiger partial charge is 0.417 e. The van der Waals surface area contributed by atoms with Gasteiger partial charge in [-0.25, -0.2) is 9.97 Å². The molecule has 2 aromatic heterocycles. The Hall–Kier alpha value is -2.66. The molecule has 2 aliphatic rings. The first kappa shape index (κ1) is 22.5. The molecule has 0 spiro atoms. The van der Waals surface area contributed by atoms with E-state index in [9.17, 15) is 13.2 Å². The highest BCUT2D eigenvalue weighted by Crippen LogP contribution is 2.29. The van der Waals surface area contributed by atoms with Crippen LogP contribution in [0.5, 0.6) is 0 Å². The molecular formula is C21H25F3N6OS. The molecule has 11 heteroatoms. The minimum Gasteiger partial charge on any atom is -0.376 e. The van der Waals surface area contributed by atoms with E-state index in [2.05, 4.69) is 25.5 Å². The van der Waals surface area contributed by atoms with Crippen molar-refractivity contribution in [2.45, 2.75) is 25.1 Å². The van der Waals surface area contributed by atoms with E-state index in [-0.39, 0.29) is 6.10 Å². The van der Waals surface area contributed by atoms with Gasteiger partial charge in [0.25, 0.3) is 0 Å². The van der Waals surface area contributed by atoms with Crippen molar-refractivity contribution in [1.82, 2.24) is 15.3 Å². The maximum atomic E-state index is 12.7. The normalized spacial score (nSPS) is 19.2. The molecule has 0 aliphatic carbocycles. The van der Waals surface area contributed by atoms with E-state index in [0.29, 0.717) is 43.7 Å². The zero-order chi connectivity index (χ0) is 22.6. The van der Waals surface area contributed by atoms with Crippen molar-refractivity contribution in [2.75, 3.05) is 54.4 Å². The summed E-state index contributed by atoms with van der Waals surface area (Å²) < 4.78 is 43.7. The zero-order valence-electron chi connectivity index (χ0n) is 17.4. The van der Waals surface area contributed by atoms with Crippen molar-refractivity contribution in [1.29, 1.82) is 0 Å². The summed E-state index contributed by atoms with van der Waals surface area (Å²) in [6, 6.07) is 6.35. The summed E-state index contributed by atoms with van der Waals surface area (Å²) in [5.41, 5.74) is 0.0607. The molecule has 2 aromatic rings. The molecule has 0 unspecified atom stereocenters. The highest BCUT2D eigenvalue weighted by atomic mass is 32.1. The molecule has 4 rings (SSSR count). The summed E-state index contributed by atoms with van der Waals surface area (Å²) in [5, 5.41) is 6.83. The van der Waals surface area contributed by atoms with Crippen LogP contribution in [-0.2, 0) is 10.9 Å². The lowest BCUT2D eigenvalue weighted by Crippen LogP contribution is -2.47. The lowest BCUT2D eigenvalue weighted by Gasteiger charge is -2.36. The number of pyridine rings is 2. The number of hydrogen-bond donors (Lipinski definition) is 2. The van der Waals surface area contributed by atoms with E-state index in [0.717, 1.165) is 43.2 Å². The van der Waals surface area contributed by atoms with Crippen LogP contribution in [0.3, 0.4) is 0 Å². The van der Waals surface area contributed by atoms with Gasteiger partial charge < -0.3 is 25.2 Å². The summed E-state index contributed by atoms with van der Waals surface area (Å²) >= 11 is 5.33. The van der Waals surface area contributed by atoms with E-state index in [1.165, 1.54) is 6.07 Å². The maximum Gasteiger partial charge on any atom is 0.417 e. The first-order chi connectivity index (χ1) is 15.4. The number of aromatic nitrogens is 2. The van der Waals surface area contributed by atoms with E-state index < -0.39 is 11.7 Å². The Bertz CT molecular complexity index is 895. The lowest BCUT2D eigenvalue weighted by molar-refractivity contribution is -0.137. The van der Waals surface area contributed by atoms with Crippen molar-refractivity contribution in [3.8, 4) is 0 Å². The second-order valence-electron chi connectivity index (χ2n) is 7.75. The van der Waals surface area contributed by atoms with Gasteiger partial charge in [-0.3, -0.25) is 0 Å². The molecule has 172 valence electrons. The van der Waals surface area contributed by atoms with Crippen molar-refractivity contribution in [3.63, 3.8) is 0 Å². The molecule has 2 N–H and O–H groups in total. The van der Waals surface area contributed by atoms with E-state index in [1.54, 1.807) is 6.20 Å². The SMILES string of the molecule is FC(F)(F)c1ccc(N2CCN(c3ccc(NC(=S)NC[C@H]4CCCO4)cn3)CC2)nc1. The van der Waals surface area contributed by atoms with Gasteiger partial charge in [-0.2, -0.15) is 13.2 Å². The van der Waals surface area contributed by atoms with Gasteiger partial charge >= 0.3 is 6.18 Å². The second kappa shape index (κ2) is 9.86. The fraction of sp³-hybridized carbons (Fsp3) is 0.476. The minimum absolute atomic E-state index is 0.215. The maximum absolute atomic E-state index is 12.7. The number of alkyl halides is 3. The predicted molar refractivity (Wildman–Crippen MR) is 121 cm³/mol. The van der Waals surface area contributed by atoms with Crippen LogP contribution in [0.4, 0.5) is 30.5 Å². The fourth-order valence-corrected chi connectivity index (χ4v) is 3.94. The van der Waals surface area contributed by atoms with Crippen LogP contribution in [0.15, 0.2) is 36.7 Å². The molecule has 0 radical (unpaired) electrons. The zero-order valence-corrected chi connectivity index (χ0v) is 18.3. The van der Waals surface area contributed by atoms with Gasteiger partial charge in [-0.1, -0.05) is 0 Å². The van der Waals surface area contributed by atoms with Gasteiger partial charge in [-0.15, -0.1) is 0 Å². The number of nitrogens with one attached hydrogen (secondary N) is 2. The first-order valence-corrected chi connectivity index (χ1v) is 10.9. The molecule has 7 nitrogen and oxygen atoms in total. The van der Waals surface area contributed by atoms with Crippen molar-refractivity contribution in [3.05, 3.63) is 42.2 Å². The van der Waals surface area contributed by atoms with Gasteiger partial charge in [0, 0.05) is 45.5 Å². The van der Waals surface area contributed by atoms with E-state index in [4.69, 9.17) is 17.0 Å². The van der Waals surface area contributed by atoms with Gasteiger partial charge in [0.2, 0.25) is 0 Å². The van der Waals surface area contributed by atoms with Gasteiger partial charge in [0.05, 0.1) is 23.6 Å². The number of hydrogen-bond acceptors (Lipinski definition) is 6. The van der Waals surface area contributed by atoms with Gasteiger partial charge in [0.15, 0.2) is 5.11 Å². The number of piperazine rings is 1. The third-order valence-corrected chi connectivity index (χ3v) is 5.77. The summed E-state index contributed by atoms with van der Waals surface area (Å²) in [6.45, 7) is 4.20. The molecule has 0 amide bonds.